The fourth-order valence-corrected chi connectivity index (χ4v) is 2.04. The molecule has 0 aliphatic carbocycles. The van der Waals surface area contributed by atoms with Gasteiger partial charge in [-0.15, -0.1) is 0 Å². The Hall–Kier alpha value is -1.90. The maximum atomic E-state index is 12.1. The average molecular weight is 305 g/mol. The van der Waals surface area contributed by atoms with Crippen molar-refractivity contribution >= 4 is 40.3 Å². The molecule has 0 aromatic heterocycles. The van der Waals surface area contributed by atoms with Crippen molar-refractivity contribution in [3.05, 3.63) is 76.3 Å². The Morgan fingerprint density at radius 1 is 0.850 bits per heavy atom. The van der Waals surface area contributed by atoms with Gasteiger partial charge in [0.05, 0.1) is 5.03 Å². The molecule has 0 N–H and O–H groups in total. The van der Waals surface area contributed by atoms with Crippen molar-refractivity contribution in [3.8, 4) is 0 Å². The topological polar surface area (TPSA) is 34.1 Å². The van der Waals surface area contributed by atoms with Gasteiger partial charge in [0.2, 0.25) is 5.78 Å². The first-order chi connectivity index (χ1) is 9.58. The summed E-state index contributed by atoms with van der Waals surface area (Å²) < 4.78 is 0. The number of benzene rings is 2. The van der Waals surface area contributed by atoms with Crippen molar-refractivity contribution in [1.82, 2.24) is 0 Å². The van der Waals surface area contributed by atoms with Crippen molar-refractivity contribution in [2.24, 2.45) is 0 Å². The monoisotopic (exact) mass is 304 g/mol. The predicted molar refractivity (Wildman–Crippen MR) is 81.2 cm³/mol. The standard InChI is InChI=1S/C16H10Cl2O2/c17-14(15(19)12-6-2-1-3-7-12)10-11-5-4-8-13(9-11)16(18)20/h1-10H. The first-order valence-corrected chi connectivity index (χ1v) is 6.60. The van der Waals surface area contributed by atoms with E-state index in [1.165, 1.54) is 6.08 Å². The molecular weight excluding hydrogens is 295 g/mol. The molecule has 0 saturated heterocycles. The first kappa shape index (κ1) is 14.5. The Morgan fingerprint density at radius 2 is 1.50 bits per heavy atom. The van der Waals surface area contributed by atoms with Gasteiger partial charge in [-0.05, 0) is 29.3 Å². The van der Waals surface area contributed by atoms with Crippen molar-refractivity contribution in [2.45, 2.75) is 0 Å². The van der Waals surface area contributed by atoms with Crippen LogP contribution in [0.4, 0.5) is 0 Å². The van der Waals surface area contributed by atoms with E-state index in [9.17, 15) is 9.59 Å². The van der Waals surface area contributed by atoms with Gasteiger partial charge in [-0.3, -0.25) is 9.59 Å². The second kappa shape index (κ2) is 6.51. The lowest BCUT2D eigenvalue weighted by Crippen LogP contribution is -1.98. The normalized spacial score (nSPS) is 11.2. The fraction of sp³-hybridized carbons (Fsp3) is 0. The molecule has 0 atom stereocenters. The van der Waals surface area contributed by atoms with Crippen LogP contribution in [0.3, 0.4) is 0 Å². The minimum atomic E-state index is -0.550. The number of carbonyl (C=O) groups is 2. The minimum absolute atomic E-state index is 0.0790. The van der Waals surface area contributed by atoms with E-state index >= 15 is 0 Å². The molecule has 0 amide bonds. The van der Waals surface area contributed by atoms with E-state index in [1.54, 1.807) is 48.5 Å². The van der Waals surface area contributed by atoms with Gasteiger partial charge in [-0.25, -0.2) is 0 Å². The molecule has 2 aromatic carbocycles. The van der Waals surface area contributed by atoms with Crippen LogP contribution < -0.4 is 0 Å². The van der Waals surface area contributed by atoms with Gasteiger partial charge in [0.25, 0.3) is 5.24 Å². The zero-order chi connectivity index (χ0) is 14.5. The molecule has 2 nitrogen and oxygen atoms in total. The summed E-state index contributed by atoms with van der Waals surface area (Å²) in [6.07, 6.45) is 1.51. The van der Waals surface area contributed by atoms with Crippen LogP contribution >= 0.6 is 23.2 Å². The highest BCUT2D eigenvalue weighted by Gasteiger charge is 2.10. The third kappa shape index (κ3) is 3.56. The summed E-state index contributed by atoms with van der Waals surface area (Å²) in [5.74, 6) is -0.269. The van der Waals surface area contributed by atoms with E-state index in [-0.39, 0.29) is 10.8 Å². The predicted octanol–water partition coefficient (Wildman–Crippen LogP) is 4.53. The number of hydrogen-bond acceptors (Lipinski definition) is 2. The molecule has 2 aromatic rings. The van der Waals surface area contributed by atoms with Gasteiger partial charge in [0.1, 0.15) is 0 Å². The Labute approximate surface area is 126 Å². The van der Waals surface area contributed by atoms with Crippen molar-refractivity contribution < 1.29 is 9.59 Å². The zero-order valence-corrected chi connectivity index (χ0v) is 11.9. The highest BCUT2D eigenvalue weighted by Crippen LogP contribution is 2.17. The summed E-state index contributed by atoms with van der Waals surface area (Å²) in [5, 5.41) is -0.471. The Kier molecular flexibility index (Phi) is 4.72. The van der Waals surface area contributed by atoms with E-state index in [2.05, 4.69) is 0 Å². The zero-order valence-electron chi connectivity index (χ0n) is 10.3. The van der Waals surface area contributed by atoms with Crippen molar-refractivity contribution in [3.63, 3.8) is 0 Å². The number of Topliss-reactive ketones (excluding diaryl/α,β-unsaturated/α-hetero) is 1. The third-order valence-electron chi connectivity index (χ3n) is 2.66. The molecule has 0 aliphatic heterocycles. The lowest BCUT2D eigenvalue weighted by atomic mass is 10.1. The third-order valence-corrected chi connectivity index (χ3v) is 3.16. The van der Waals surface area contributed by atoms with Crippen LogP contribution in [0.5, 0.6) is 0 Å². The average Bonchev–Trinajstić information content (AvgIpc) is 2.47. The maximum Gasteiger partial charge on any atom is 0.252 e. The van der Waals surface area contributed by atoms with Gasteiger partial charge in [0, 0.05) is 11.1 Å². The number of halogens is 2. The van der Waals surface area contributed by atoms with Crippen LogP contribution in [-0.4, -0.2) is 11.0 Å². The molecule has 20 heavy (non-hydrogen) atoms. The van der Waals surface area contributed by atoms with Crippen LogP contribution in [0.25, 0.3) is 6.08 Å². The molecule has 0 spiro atoms. The molecular formula is C16H10Cl2O2. The minimum Gasteiger partial charge on any atom is -0.288 e. The molecule has 0 bridgehead atoms. The Balaban J connectivity index is 2.29. The maximum absolute atomic E-state index is 12.1. The van der Waals surface area contributed by atoms with Crippen LogP contribution in [0.1, 0.15) is 26.3 Å². The number of carbonyl (C=O) groups excluding carboxylic acids is 2. The molecule has 0 saturated carbocycles. The summed E-state index contributed by atoms with van der Waals surface area (Å²) in [5.41, 5.74) is 1.51. The molecule has 0 fully saturated rings. The lowest BCUT2D eigenvalue weighted by Gasteiger charge is -2.01. The van der Waals surface area contributed by atoms with Crippen LogP contribution in [0, 0.1) is 0 Å². The van der Waals surface area contributed by atoms with Crippen molar-refractivity contribution in [2.75, 3.05) is 0 Å². The molecule has 4 heteroatoms. The molecule has 0 heterocycles. The smallest absolute Gasteiger partial charge is 0.252 e. The first-order valence-electron chi connectivity index (χ1n) is 5.85. The Morgan fingerprint density at radius 3 is 2.15 bits per heavy atom. The van der Waals surface area contributed by atoms with Gasteiger partial charge in [-0.1, -0.05) is 60.1 Å². The number of rotatable bonds is 4. The summed E-state index contributed by atoms with van der Waals surface area (Å²) >= 11 is 11.4. The van der Waals surface area contributed by atoms with E-state index < -0.39 is 5.24 Å². The van der Waals surface area contributed by atoms with Crippen LogP contribution in [0.2, 0.25) is 0 Å². The number of ketones is 1. The van der Waals surface area contributed by atoms with Crippen LogP contribution in [0.15, 0.2) is 59.6 Å². The molecule has 100 valence electrons. The second-order valence-electron chi connectivity index (χ2n) is 4.09. The summed E-state index contributed by atoms with van der Waals surface area (Å²) in [6.45, 7) is 0. The summed E-state index contributed by atoms with van der Waals surface area (Å²) in [7, 11) is 0. The highest BCUT2D eigenvalue weighted by molar-refractivity contribution is 6.67. The quantitative estimate of drug-likeness (QED) is 0.472. The number of hydrogen-bond donors (Lipinski definition) is 0. The highest BCUT2D eigenvalue weighted by atomic mass is 35.5. The van der Waals surface area contributed by atoms with Gasteiger partial charge >= 0.3 is 0 Å². The molecule has 0 radical (unpaired) electrons. The van der Waals surface area contributed by atoms with Crippen molar-refractivity contribution in [1.29, 1.82) is 0 Å². The van der Waals surface area contributed by atoms with E-state index in [4.69, 9.17) is 23.2 Å². The molecule has 0 unspecified atom stereocenters. The van der Waals surface area contributed by atoms with Gasteiger partial charge < -0.3 is 0 Å². The van der Waals surface area contributed by atoms with E-state index in [0.717, 1.165) is 0 Å². The summed E-state index contributed by atoms with van der Waals surface area (Å²) in [6, 6.07) is 15.3. The van der Waals surface area contributed by atoms with Gasteiger partial charge in [-0.2, -0.15) is 0 Å². The van der Waals surface area contributed by atoms with E-state index in [0.29, 0.717) is 16.7 Å². The fourth-order valence-electron chi connectivity index (χ4n) is 1.69. The van der Waals surface area contributed by atoms with E-state index in [1.807, 2.05) is 6.07 Å². The Bertz CT molecular complexity index is 676. The van der Waals surface area contributed by atoms with Gasteiger partial charge in [0.15, 0.2) is 0 Å². The largest absolute Gasteiger partial charge is 0.288 e. The summed E-state index contributed by atoms with van der Waals surface area (Å²) in [4.78, 5) is 23.2. The lowest BCUT2D eigenvalue weighted by molar-refractivity contribution is 0.104. The molecule has 2 rings (SSSR count). The molecule has 0 aliphatic rings. The number of allylic oxidation sites excluding steroid dienone is 1. The second-order valence-corrected chi connectivity index (χ2v) is 4.84. The SMILES string of the molecule is O=C(Cl)c1cccc(C=C(Cl)C(=O)c2ccccc2)c1. The van der Waals surface area contributed by atoms with Crippen LogP contribution in [-0.2, 0) is 0 Å².